The lowest BCUT2D eigenvalue weighted by Gasteiger charge is -2.39. The molecular formula is C18H32Cl2N2O2. The van der Waals surface area contributed by atoms with Crippen LogP contribution >= 0.6 is 24.8 Å². The van der Waals surface area contributed by atoms with Gasteiger partial charge in [-0.2, -0.15) is 0 Å². The highest BCUT2D eigenvalue weighted by Crippen LogP contribution is 2.42. The molecule has 1 fully saturated rings. The normalized spacial score (nSPS) is 17.2. The molecule has 1 aliphatic rings. The molecule has 6 heteroatoms. The van der Waals surface area contributed by atoms with Crippen molar-refractivity contribution in [2.45, 2.75) is 33.2 Å². The summed E-state index contributed by atoms with van der Waals surface area (Å²) in [5.41, 5.74) is 2.37. The van der Waals surface area contributed by atoms with Crippen molar-refractivity contribution in [3.8, 4) is 11.5 Å². The monoisotopic (exact) mass is 378 g/mol. The average molecular weight is 379 g/mol. The molecule has 0 aliphatic carbocycles. The molecule has 0 radical (unpaired) electrons. The first-order valence-corrected chi connectivity index (χ1v) is 8.29. The number of halogens is 2. The van der Waals surface area contributed by atoms with E-state index in [1.54, 1.807) is 14.2 Å². The van der Waals surface area contributed by atoms with Gasteiger partial charge in [0.05, 0.1) is 19.8 Å². The number of ether oxygens (including phenoxy) is 2. The fraction of sp³-hybridized carbons (Fsp3) is 0.667. The summed E-state index contributed by atoms with van der Waals surface area (Å²) in [6.07, 6.45) is 1.13. The number of methoxy groups -OCH3 is 2. The molecule has 1 saturated heterocycles. The smallest absolute Gasteiger partial charge is 0.127 e. The van der Waals surface area contributed by atoms with Crippen molar-refractivity contribution in [3.05, 3.63) is 23.3 Å². The van der Waals surface area contributed by atoms with Gasteiger partial charge in [-0.25, -0.2) is 0 Å². The van der Waals surface area contributed by atoms with E-state index >= 15 is 0 Å². The summed E-state index contributed by atoms with van der Waals surface area (Å²) < 4.78 is 11.4. The highest BCUT2D eigenvalue weighted by molar-refractivity contribution is 5.85. The van der Waals surface area contributed by atoms with Crippen molar-refractivity contribution in [2.24, 2.45) is 5.92 Å². The lowest BCUT2D eigenvalue weighted by Crippen LogP contribution is -2.46. The van der Waals surface area contributed by atoms with Crippen molar-refractivity contribution < 1.29 is 9.47 Å². The van der Waals surface area contributed by atoms with Crippen molar-refractivity contribution in [1.29, 1.82) is 0 Å². The Bertz CT molecular complexity index is 469. The molecule has 1 aromatic rings. The van der Waals surface area contributed by atoms with Gasteiger partial charge in [-0.3, -0.25) is 4.90 Å². The number of hydrogen-bond donors (Lipinski definition) is 1. The van der Waals surface area contributed by atoms with Gasteiger partial charge in [0, 0.05) is 32.2 Å². The summed E-state index contributed by atoms with van der Waals surface area (Å²) in [6, 6.07) is 4.57. The van der Waals surface area contributed by atoms with Gasteiger partial charge in [0.1, 0.15) is 11.5 Å². The predicted molar refractivity (Wildman–Crippen MR) is 105 cm³/mol. The second-order valence-corrected chi connectivity index (χ2v) is 6.20. The molecule has 2 atom stereocenters. The molecule has 1 aromatic carbocycles. The van der Waals surface area contributed by atoms with Gasteiger partial charge in [0.15, 0.2) is 0 Å². The van der Waals surface area contributed by atoms with Crippen LogP contribution < -0.4 is 14.8 Å². The second-order valence-electron chi connectivity index (χ2n) is 6.20. The summed E-state index contributed by atoms with van der Waals surface area (Å²) >= 11 is 0. The van der Waals surface area contributed by atoms with Crippen LogP contribution in [0.2, 0.25) is 0 Å². The first-order chi connectivity index (χ1) is 10.6. The number of nitrogens with one attached hydrogen (secondary N) is 1. The maximum Gasteiger partial charge on any atom is 0.127 e. The number of aryl methyl sites for hydroxylation is 1. The molecule has 140 valence electrons. The lowest BCUT2D eigenvalue weighted by molar-refractivity contribution is 0.123. The number of hydrogen-bond acceptors (Lipinski definition) is 4. The maximum atomic E-state index is 5.71. The third-order valence-electron chi connectivity index (χ3n) is 4.71. The molecule has 0 saturated carbocycles. The van der Waals surface area contributed by atoms with E-state index in [1.807, 2.05) is 0 Å². The van der Waals surface area contributed by atoms with E-state index in [1.165, 1.54) is 11.1 Å². The Hall–Kier alpha value is -0.680. The van der Waals surface area contributed by atoms with E-state index in [4.69, 9.17) is 9.47 Å². The maximum absolute atomic E-state index is 5.71. The third-order valence-corrected chi connectivity index (χ3v) is 4.71. The van der Waals surface area contributed by atoms with Gasteiger partial charge in [0.2, 0.25) is 0 Å². The fourth-order valence-corrected chi connectivity index (χ4v) is 3.37. The summed E-state index contributed by atoms with van der Waals surface area (Å²) in [5.74, 6) is 2.44. The van der Waals surface area contributed by atoms with Crippen LogP contribution in [0.25, 0.3) is 0 Å². The van der Waals surface area contributed by atoms with Crippen LogP contribution in [0.5, 0.6) is 11.5 Å². The van der Waals surface area contributed by atoms with Gasteiger partial charge < -0.3 is 14.8 Å². The zero-order valence-corrected chi connectivity index (χ0v) is 17.1. The van der Waals surface area contributed by atoms with Gasteiger partial charge in [0.25, 0.3) is 0 Å². The summed E-state index contributed by atoms with van der Waals surface area (Å²) in [7, 11) is 3.51. The van der Waals surface area contributed by atoms with Crippen LogP contribution in [0, 0.1) is 12.8 Å². The number of nitrogens with zero attached hydrogens (tertiary/aromatic N) is 1. The Labute approximate surface area is 159 Å². The van der Waals surface area contributed by atoms with Crippen LogP contribution in [-0.4, -0.2) is 45.3 Å². The molecule has 0 aromatic heterocycles. The molecule has 1 aliphatic heterocycles. The summed E-state index contributed by atoms with van der Waals surface area (Å²) in [5, 5.41) is 3.44. The highest BCUT2D eigenvalue weighted by atomic mass is 35.5. The van der Waals surface area contributed by atoms with Crippen molar-refractivity contribution in [3.63, 3.8) is 0 Å². The second kappa shape index (κ2) is 11.0. The third kappa shape index (κ3) is 5.16. The minimum atomic E-state index is 0. The largest absolute Gasteiger partial charge is 0.496 e. The minimum Gasteiger partial charge on any atom is -0.496 e. The van der Waals surface area contributed by atoms with E-state index in [0.29, 0.717) is 12.0 Å². The summed E-state index contributed by atoms with van der Waals surface area (Å²) in [6.45, 7) is 10.9. The van der Waals surface area contributed by atoms with E-state index < -0.39 is 0 Å². The SMILES string of the molecule is CCC(C)[C@H](c1c(OC)cc(C)cc1OC)N1CCNCC1.Cl.Cl. The average Bonchev–Trinajstić information content (AvgIpc) is 2.56. The Balaban J connectivity index is 0.00000264. The lowest BCUT2D eigenvalue weighted by atomic mass is 9.88. The zero-order valence-electron chi connectivity index (χ0n) is 15.4. The quantitative estimate of drug-likeness (QED) is 0.814. The Morgan fingerprint density at radius 1 is 1.08 bits per heavy atom. The van der Waals surface area contributed by atoms with Gasteiger partial charge in [-0.1, -0.05) is 20.3 Å². The molecule has 1 N–H and O–H groups in total. The molecule has 24 heavy (non-hydrogen) atoms. The first kappa shape index (κ1) is 23.3. The Kier molecular flexibility index (Phi) is 10.7. The van der Waals surface area contributed by atoms with Crippen LogP contribution in [0.1, 0.15) is 37.4 Å². The van der Waals surface area contributed by atoms with E-state index in [-0.39, 0.29) is 24.8 Å². The Morgan fingerprint density at radius 2 is 1.58 bits per heavy atom. The highest BCUT2D eigenvalue weighted by Gasteiger charge is 2.31. The molecular weight excluding hydrogens is 347 g/mol. The molecule has 1 heterocycles. The first-order valence-electron chi connectivity index (χ1n) is 8.29. The van der Waals surface area contributed by atoms with Crippen molar-refractivity contribution >= 4 is 24.8 Å². The van der Waals surface area contributed by atoms with Crippen LogP contribution in [0.4, 0.5) is 0 Å². The van der Waals surface area contributed by atoms with Crippen molar-refractivity contribution in [1.82, 2.24) is 10.2 Å². The van der Waals surface area contributed by atoms with E-state index in [2.05, 4.69) is 43.1 Å². The molecule has 0 bridgehead atoms. The Morgan fingerprint density at radius 3 is 2.00 bits per heavy atom. The van der Waals surface area contributed by atoms with Crippen LogP contribution in [0.3, 0.4) is 0 Å². The van der Waals surface area contributed by atoms with Crippen LogP contribution in [-0.2, 0) is 0 Å². The molecule has 0 amide bonds. The number of rotatable bonds is 6. The minimum absolute atomic E-state index is 0. The standard InChI is InChI=1S/C18H30N2O2.2ClH/c1-6-14(3)18(20-9-7-19-8-10-20)17-15(21-4)11-13(2)12-16(17)22-5;;/h11-12,14,18-19H,6-10H2,1-5H3;2*1H/t14?,18-;;/m1../s1. The summed E-state index contributed by atoms with van der Waals surface area (Å²) in [4.78, 5) is 2.57. The number of benzene rings is 1. The fourth-order valence-electron chi connectivity index (χ4n) is 3.37. The predicted octanol–water partition coefficient (Wildman–Crippen LogP) is 3.85. The van der Waals surface area contributed by atoms with Crippen LogP contribution in [0.15, 0.2) is 12.1 Å². The molecule has 0 spiro atoms. The van der Waals surface area contributed by atoms with Crippen molar-refractivity contribution in [2.75, 3.05) is 40.4 Å². The van der Waals surface area contributed by atoms with E-state index in [0.717, 1.165) is 44.1 Å². The molecule has 2 rings (SSSR count). The topological polar surface area (TPSA) is 33.7 Å². The van der Waals surface area contributed by atoms with Gasteiger partial charge in [-0.15, -0.1) is 24.8 Å². The molecule has 4 nitrogen and oxygen atoms in total. The number of piperazine rings is 1. The zero-order chi connectivity index (χ0) is 16.1. The van der Waals surface area contributed by atoms with Gasteiger partial charge >= 0.3 is 0 Å². The van der Waals surface area contributed by atoms with E-state index in [9.17, 15) is 0 Å². The van der Waals surface area contributed by atoms with Gasteiger partial charge in [-0.05, 0) is 30.5 Å². The molecule has 1 unspecified atom stereocenters.